The molecule has 0 atom stereocenters. The van der Waals surface area contributed by atoms with Crippen LogP contribution in [0.5, 0.6) is 11.5 Å². The standard InChI is InChI=1S/C15H17NO4S2/c1-10-4-6-11(7-5-10)22(17,18)16-12-8-13(19-2)14(20-3)9-15(12)21/h4-9,16,21H,1-3H3. The number of thiol groups is 1. The van der Waals surface area contributed by atoms with Crippen LogP contribution >= 0.6 is 12.6 Å². The van der Waals surface area contributed by atoms with Gasteiger partial charge in [0.1, 0.15) is 0 Å². The molecule has 0 amide bonds. The van der Waals surface area contributed by atoms with Crippen LogP contribution in [-0.2, 0) is 10.0 Å². The molecule has 0 unspecified atom stereocenters. The Kier molecular flexibility index (Phi) is 4.87. The normalized spacial score (nSPS) is 11.1. The zero-order valence-electron chi connectivity index (χ0n) is 12.5. The predicted octanol–water partition coefficient (Wildman–Crippen LogP) is 3.10. The minimum atomic E-state index is -3.69. The van der Waals surface area contributed by atoms with Gasteiger partial charge in [0.25, 0.3) is 10.0 Å². The molecule has 2 aromatic rings. The Morgan fingerprint density at radius 1 is 1.00 bits per heavy atom. The molecule has 2 aromatic carbocycles. The summed E-state index contributed by atoms with van der Waals surface area (Å²) in [6.07, 6.45) is 0. The third kappa shape index (κ3) is 3.48. The molecule has 118 valence electrons. The first kappa shape index (κ1) is 16.5. The van der Waals surface area contributed by atoms with Crippen LogP contribution < -0.4 is 14.2 Å². The molecule has 22 heavy (non-hydrogen) atoms. The summed E-state index contributed by atoms with van der Waals surface area (Å²) in [5, 5.41) is 0. The molecule has 0 aromatic heterocycles. The summed E-state index contributed by atoms with van der Waals surface area (Å²) < 4.78 is 37.6. The van der Waals surface area contributed by atoms with Gasteiger partial charge in [-0.1, -0.05) is 17.7 Å². The summed E-state index contributed by atoms with van der Waals surface area (Å²) in [4.78, 5) is 0.619. The molecule has 0 bridgehead atoms. The van der Waals surface area contributed by atoms with Gasteiger partial charge in [-0.2, -0.15) is 0 Å². The minimum absolute atomic E-state index is 0.181. The molecular weight excluding hydrogens is 322 g/mol. The Bertz CT molecular complexity index is 771. The monoisotopic (exact) mass is 339 g/mol. The summed E-state index contributed by atoms with van der Waals surface area (Å²) in [7, 11) is -0.711. The first-order valence-electron chi connectivity index (χ1n) is 6.42. The van der Waals surface area contributed by atoms with E-state index in [1.807, 2.05) is 6.92 Å². The molecule has 2 rings (SSSR count). The second-order valence-electron chi connectivity index (χ2n) is 4.64. The van der Waals surface area contributed by atoms with E-state index in [-0.39, 0.29) is 4.90 Å². The van der Waals surface area contributed by atoms with E-state index in [2.05, 4.69) is 17.4 Å². The topological polar surface area (TPSA) is 64.6 Å². The van der Waals surface area contributed by atoms with Gasteiger partial charge >= 0.3 is 0 Å². The minimum Gasteiger partial charge on any atom is -0.493 e. The number of nitrogens with one attached hydrogen (secondary N) is 1. The highest BCUT2D eigenvalue weighted by molar-refractivity contribution is 7.92. The largest absolute Gasteiger partial charge is 0.493 e. The molecule has 7 heteroatoms. The lowest BCUT2D eigenvalue weighted by Crippen LogP contribution is -2.13. The third-order valence-corrected chi connectivity index (χ3v) is 4.83. The average Bonchev–Trinajstić information content (AvgIpc) is 2.49. The van der Waals surface area contributed by atoms with Gasteiger partial charge in [0.15, 0.2) is 11.5 Å². The molecule has 0 radical (unpaired) electrons. The fourth-order valence-corrected chi connectivity index (χ4v) is 3.26. The van der Waals surface area contributed by atoms with Gasteiger partial charge in [-0.25, -0.2) is 8.42 Å². The van der Waals surface area contributed by atoms with E-state index in [0.29, 0.717) is 22.1 Å². The molecule has 0 saturated carbocycles. The van der Waals surface area contributed by atoms with E-state index in [0.717, 1.165) is 5.56 Å². The number of hydrogen-bond donors (Lipinski definition) is 2. The number of hydrogen-bond acceptors (Lipinski definition) is 5. The van der Waals surface area contributed by atoms with E-state index in [1.165, 1.54) is 20.3 Å². The van der Waals surface area contributed by atoms with E-state index in [4.69, 9.17) is 9.47 Å². The Morgan fingerprint density at radius 3 is 2.09 bits per heavy atom. The number of ether oxygens (including phenoxy) is 2. The van der Waals surface area contributed by atoms with Crippen LogP contribution in [0.2, 0.25) is 0 Å². The maximum atomic E-state index is 12.4. The van der Waals surface area contributed by atoms with Crippen LogP contribution in [0.4, 0.5) is 5.69 Å². The predicted molar refractivity (Wildman–Crippen MR) is 88.8 cm³/mol. The third-order valence-electron chi connectivity index (χ3n) is 3.08. The first-order chi connectivity index (χ1) is 10.4. The Labute approximate surface area is 135 Å². The molecule has 0 spiro atoms. The Hall–Kier alpha value is -1.86. The fourth-order valence-electron chi connectivity index (χ4n) is 1.87. The van der Waals surface area contributed by atoms with Gasteiger partial charge < -0.3 is 9.47 Å². The number of benzene rings is 2. The number of sulfonamides is 1. The van der Waals surface area contributed by atoms with Gasteiger partial charge in [0.2, 0.25) is 0 Å². The molecule has 0 aliphatic rings. The second-order valence-corrected chi connectivity index (χ2v) is 6.81. The maximum absolute atomic E-state index is 12.4. The van der Waals surface area contributed by atoms with Crippen molar-refractivity contribution in [2.45, 2.75) is 16.7 Å². The molecule has 0 aliphatic heterocycles. The molecule has 0 saturated heterocycles. The van der Waals surface area contributed by atoms with E-state index in [9.17, 15) is 8.42 Å². The summed E-state index contributed by atoms with van der Waals surface area (Å²) in [5.41, 5.74) is 1.31. The Morgan fingerprint density at radius 2 is 1.55 bits per heavy atom. The lowest BCUT2D eigenvalue weighted by atomic mass is 10.2. The van der Waals surface area contributed by atoms with Crippen molar-refractivity contribution in [3.8, 4) is 11.5 Å². The van der Waals surface area contributed by atoms with Gasteiger partial charge in [-0.15, -0.1) is 12.6 Å². The van der Waals surface area contributed by atoms with E-state index in [1.54, 1.807) is 30.3 Å². The highest BCUT2D eigenvalue weighted by Gasteiger charge is 2.17. The number of rotatable bonds is 5. The second kappa shape index (κ2) is 6.50. The number of methoxy groups -OCH3 is 2. The van der Waals surface area contributed by atoms with Crippen molar-refractivity contribution >= 4 is 28.3 Å². The van der Waals surface area contributed by atoms with Gasteiger partial charge in [0, 0.05) is 11.0 Å². The van der Waals surface area contributed by atoms with Crippen LogP contribution in [0.1, 0.15) is 5.56 Å². The van der Waals surface area contributed by atoms with Gasteiger partial charge in [-0.05, 0) is 25.1 Å². The van der Waals surface area contributed by atoms with Crippen LogP contribution in [0, 0.1) is 6.92 Å². The van der Waals surface area contributed by atoms with Gasteiger partial charge in [0.05, 0.1) is 24.8 Å². The molecule has 0 aliphatic carbocycles. The van der Waals surface area contributed by atoms with E-state index >= 15 is 0 Å². The quantitative estimate of drug-likeness (QED) is 0.822. The first-order valence-corrected chi connectivity index (χ1v) is 8.35. The zero-order valence-corrected chi connectivity index (χ0v) is 14.2. The van der Waals surface area contributed by atoms with Crippen molar-refractivity contribution in [3.05, 3.63) is 42.0 Å². The average molecular weight is 339 g/mol. The highest BCUT2D eigenvalue weighted by Crippen LogP contribution is 2.36. The van der Waals surface area contributed by atoms with E-state index < -0.39 is 10.0 Å². The molecule has 0 heterocycles. The van der Waals surface area contributed by atoms with Gasteiger partial charge in [-0.3, -0.25) is 4.72 Å². The summed E-state index contributed by atoms with van der Waals surface area (Å²) in [5.74, 6) is 0.896. The van der Waals surface area contributed by atoms with Crippen LogP contribution in [-0.4, -0.2) is 22.6 Å². The molecular formula is C15H17NO4S2. The molecule has 1 N–H and O–H groups in total. The van der Waals surface area contributed by atoms with Crippen molar-refractivity contribution in [3.63, 3.8) is 0 Å². The highest BCUT2D eigenvalue weighted by atomic mass is 32.2. The lowest BCUT2D eigenvalue weighted by Gasteiger charge is -2.14. The summed E-state index contributed by atoms with van der Waals surface area (Å²) >= 11 is 4.29. The number of aryl methyl sites for hydroxylation is 1. The zero-order chi connectivity index (χ0) is 16.3. The molecule has 0 fully saturated rings. The van der Waals surface area contributed by atoms with Crippen molar-refractivity contribution in [2.75, 3.05) is 18.9 Å². The van der Waals surface area contributed by atoms with Crippen molar-refractivity contribution in [2.24, 2.45) is 0 Å². The van der Waals surface area contributed by atoms with Crippen LogP contribution in [0.15, 0.2) is 46.2 Å². The SMILES string of the molecule is COc1cc(S)c(NS(=O)(=O)c2ccc(C)cc2)cc1OC. The van der Waals surface area contributed by atoms with Crippen molar-refractivity contribution in [1.29, 1.82) is 0 Å². The van der Waals surface area contributed by atoms with Crippen molar-refractivity contribution < 1.29 is 17.9 Å². The molecule has 5 nitrogen and oxygen atoms in total. The summed E-state index contributed by atoms with van der Waals surface area (Å²) in [6, 6.07) is 9.71. The summed E-state index contributed by atoms with van der Waals surface area (Å²) in [6.45, 7) is 1.89. The number of anilines is 1. The maximum Gasteiger partial charge on any atom is 0.261 e. The van der Waals surface area contributed by atoms with Crippen LogP contribution in [0.3, 0.4) is 0 Å². The Balaban J connectivity index is 2.39. The van der Waals surface area contributed by atoms with Crippen molar-refractivity contribution in [1.82, 2.24) is 0 Å². The fraction of sp³-hybridized carbons (Fsp3) is 0.200. The van der Waals surface area contributed by atoms with Crippen LogP contribution in [0.25, 0.3) is 0 Å². The lowest BCUT2D eigenvalue weighted by molar-refractivity contribution is 0.354. The smallest absolute Gasteiger partial charge is 0.261 e.